The summed E-state index contributed by atoms with van der Waals surface area (Å²) >= 11 is 1.49. The van der Waals surface area contributed by atoms with E-state index in [2.05, 4.69) is 10.3 Å². The van der Waals surface area contributed by atoms with Crippen molar-refractivity contribution >= 4 is 60.9 Å². The van der Waals surface area contributed by atoms with Crippen LogP contribution in [-0.2, 0) is 19.1 Å². The molecule has 0 spiro atoms. The first kappa shape index (κ1) is 32.2. The predicted molar refractivity (Wildman–Crippen MR) is 184 cm³/mol. The summed E-state index contributed by atoms with van der Waals surface area (Å²) in [6.45, 7) is 1.02. The third-order valence-corrected chi connectivity index (χ3v) is 11.2. The number of rotatable bonds is 12. The Kier molecular flexibility index (Phi) is 10.1. The number of fused-ring (bicyclic) bond motifs is 1. The average Bonchev–Trinajstić information content (AvgIpc) is 3.52. The monoisotopic (exact) mass is 683 g/mol. The van der Waals surface area contributed by atoms with Gasteiger partial charge in [0.25, 0.3) is 11.8 Å². The Labute approximate surface area is 283 Å². The fraction of sp³-hybridized carbons (Fsp3) is 0.143. The number of benzene rings is 4. The van der Waals surface area contributed by atoms with Crippen molar-refractivity contribution in [2.45, 2.75) is 28.8 Å². The molecule has 5 aromatic rings. The molecule has 2 amide bonds. The van der Waals surface area contributed by atoms with Gasteiger partial charge in [-0.1, -0.05) is 102 Å². The van der Waals surface area contributed by atoms with Crippen molar-refractivity contribution in [1.82, 2.24) is 15.2 Å². The van der Waals surface area contributed by atoms with Crippen molar-refractivity contribution in [3.8, 4) is 5.75 Å². The Morgan fingerprint density at radius 2 is 1.51 bits per heavy atom. The second kappa shape index (κ2) is 14.8. The number of para-hydroxylation sites is 2. The highest BCUT2D eigenvalue weighted by Crippen LogP contribution is 2.46. The van der Waals surface area contributed by atoms with E-state index in [1.54, 1.807) is 24.3 Å². The van der Waals surface area contributed by atoms with Crippen LogP contribution < -0.4 is 10.1 Å². The van der Waals surface area contributed by atoms with Gasteiger partial charge in [-0.2, -0.15) is 0 Å². The van der Waals surface area contributed by atoms with Gasteiger partial charge in [0.05, 0.1) is 10.2 Å². The van der Waals surface area contributed by atoms with E-state index in [1.165, 1.54) is 44.7 Å². The van der Waals surface area contributed by atoms with Crippen LogP contribution in [0.25, 0.3) is 10.2 Å². The number of β-lactam (4-membered cyclic amide) rings is 1. The number of hydrogen-bond donors (Lipinski definition) is 2. The van der Waals surface area contributed by atoms with E-state index in [-0.39, 0.29) is 12.3 Å². The number of hydrogen-bond acceptors (Lipinski definition) is 10. The number of allylic oxidation sites excluding steroid dienone is 1. The van der Waals surface area contributed by atoms with Crippen LogP contribution in [0.2, 0.25) is 0 Å². The van der Waals surface area contributed by atoms with Gasteiger partial charge in [-0.05, 0) is 53.1 Å². The van der Waals surface area contributed by atoms with Crippen LogP contribution in [0.15, 0.2) is 131 Å². The van der Waals surface area contributed by atoms with Crippen LogP contribution in [0.5, 0.6) is 5.75 Å². The second-order valence-electron chi connectivity index (χ2n) is 10.4. The summed E-state index contributed by atoms with van der Waals surface area (Å²) in [5.41, 5.74) is 1.98. The van der Waals surface area contributed by atoms with Crippen molar-refractivity contribution in [2.75, 3.05) is 6.61 Å². The van der Waals surface area contributed by atoms with Gasteiger partial charge < -0.3 is 19.9 Å². The minimum Gasteiger partial charge on any atom is -0.510 e. The Morgan fingerprint density at radius 3 is 2.13 bits per heavy atom. The molecule has 238 valence electrons. The molecule has 9 nitrogen and oxygen atoms in total. The van der Waals surface area contributed by atoms with Gasteiger partial charge in [-0.3, -0.25) is 14.5 Å². The van der Waals surface area contributed by atoms with Gasteiger partial charge in [0.2, 0.25) is 0 Å². The Balaban J connectivity index is 1.24. The SMILES string of the molecule is C/C(O)=C(\C(=O)OC(c1ccccc1)c1ccccc1)N1C(=O)[C@@H](NC(=O)COc2ccccc2)[C@H]1SSc1nc2ccccc2s1. The lowest BCUT2D eigenvalue weighted by molar-refractivity contribution is -0.155. The third kappa shape index (κ3) is 7.46. The number of esters is 1. The van der Waals surface area contributed by atoms with Crippen molar-refractivity contribution < 1.29 is 29.0 Å². The van der Waals surface area contributed by atoms with Crippen molar-refractivity contribution in [3.63, 3.8) is 0 Å². The average molecular weight is 684 g/mol. The molecule has 0 aliphatic carbocycles. The standard InChI is InChI=1S/C35H29N3O6S3/c1-22(39)30(34(42)44-31(23-13-5-2-6-14-23)24-15-7-3-8-16-24)38-32(41)29(37-28(40)21-43-25-17-9-4-10-18-25)33(38)46-47-35-36-26-19-11-12-20-27(26)45-35/h2-20,29,31,33,39H,21H2,1H3,(H,37,40)/b30-22-/t29-,33-/m1/s1. The zero-order valence-corrected chi connectivity index (χ0v) is 27.5. The Bertz CT molecular complexity index is 1830. The molecular formula is C35H29N3O6S3. The highest BCUT2D eigenvalue weighted by molar-refractivity contribution is 8.77. The lowest BCUT2D eigenvalue weighted by atomic mass is 10.0. The number of aromatic nitrogens is 1. The van der Waals surface area contributed by atoms with Crippen LogP contribution in [0, 0.1) is 0 Å². The highest BCUT2D eigenvalue weighted by atomic mass is 33.1. The maximum atomic E-state index is 13.9. The third-order valence-electron chi connectivity index (χ3n) is 7.17. The predicted octanol–water partition coefficient (Wildman–Crippen LogP) is 6.89. The van der Waals surface area contributed by atoms with Gasteiger partial charge in [-0.25, -0.2) is 9.78 Å². The second-order valence-corrected chi connectivity index (χ2v) is 14.0. The molecular weight excluding hydrogens is 655 g/mol. The first-order valence-corrected chi connectivity index (χ1v) is 17.6. The molecule has 1 aliphatic heterocycles. The van der Waals surface area contributed by atoms with Crippen LogP contribution in [0.1, 0.15) is 24.2 Å². The lowest BCUT2D eigenvalue weighted by Crippen LogP contribution is -2.69. The summed E-state index contributed by atoms with van der Waals surface area (Å²) in [7, 11) is 2.56. The fourth-order valence-corrected chi connectivity index (χ4v) is 8.87. The first-order chi connectivity index (χ1) is 22.9. The van der Waals surface area contributed by atoms with Crippen molar-refractivity contribution in [3.05, 3.63) is 138 Å². The molecule has 0 unspecified atom stereocenters. The summed E-state index contributed by atoms with van der Waals surface area (Å²) < 4.78 is 13.3. The van der Waals surface area contributed by atoms with E-state index in [4.69, 9.17) is 9.47 Å². The minimum atomic E-state index is -1.00. The van der Waals surface area contributed by atoms with Gasteiger partial charge in [0.15, 0.2) is 22.7 Å². The fourth-order valence-electron chi connectivity index (χ4n) is 4.96. The molecule has 0 saturated carbocycles. The minimum absolute atomic E-state index is 0.305. The van der Waals surface area contributed by atoms with Crippen molar-refractivity contribution in [2.24, 2.45) is 0 Å². The van der Waals surface area contributed by atoms with Crippen LogP contribution >= 0.6 is 32.9 Å². The van der Waals surface area contributed by atoms with Gasteiger partial charge in [0, 0.05) is 0 Å². The molecule has 12 heteroatoms. The molecule has 0 bridgehead atoms. The number of carbonyl (C=O) groups excluding carboxylic acids is 3. The molecule has 1 saturated heterocycles. The number of thiazole rings is 1. The number of likely N-dealkylation sites (tertiary alicyclic amines) is 1. The smallest absolute Gasteiger partial charge is 0.359 e. The van der Waals surface area contributed by atoms with E-state index >= 15 is 0 Å². The molecule has 47 heavy (non-hydrogen) atoms. The van der Waals surface area contributed by atoms with E-state index < -0.39 is 41.1 Å². The number of nitrogens with zero attached hydrogens (tertiary/aromatic N) is 2. The van der Waals surface area contributed by atoms with Gasteiger partial charge >= 0.3 is 5.97 Å². The molecule has 1 aromatic heterocycles. The van der Waals surface area contributed by atoms with E-state index in [0.717, 1.165) is 25.7 Å². The largest absolute Gasteiger partial charge is 0.510 e. The summed E-state index contributed by atoms with van der Waals surface area (Å²) in [5.74, 6) is -1.85. The summed E-state index contributed by atoms with van der Waals surface area (Å²) in [5, 5.41) is 12.8. The zero-order valence-electron chi connectivity index (χ0n) is 25.0. The first-order valence-electron chi connectivity index (χ1n) is 14.6. The molecule has 0 radical (unpaired) electrons. The quantitative estimate of drug-likeness (QED) is 0.0477. The Hall–Kier alpha value is -4.78. The van der Waals surface area contributed by atoms with Crippen LogP contribution in [0.4, 0.5) is 0 Å². The van der Waals surface area contributed by atoms with E-state index in [0.29, 0.717) is 5.75 Å². The van der Waals surface area contributed by atoms with Crippen LogP contribution in [-0.4, -0.2) is 50.8 Å². The van der Waals surface area contributed by atoms with E-state index in [9.17, 15) is 19.5 Å². The topological polar surface area (TPSA) is 118 Å². The maximum Gasteiger partial charge on any atom is 0.359 e. The number of ether oxygens (including phenoxy) is 2. The lowest BCUT2D eigenvalue weighted by Gasteiger charge is -2.46. The maximum absolute atomic E-state index is 13.9. The number of nitrogens with one attached hydrogen (secondary N) is 1. The summed E-state index contributed by atoms with van der Waals surface area (Å²) in [4.78, 5) is 46.3. The number of carbonyl (C=O) groups is 3. The van der Waals surface area contributed by atoms with Crippen LogP contribution in [0.3, 0.4) is 0 Å². The Morgan fingerprint density at radius 1 is 0.915 bits per heavy atom. The van der Waals surface area contributed by atoms with E-state index in [1.807, 2.05) is 91.0 Å². The molecule has 1 aliphatic rings. The zero-order chi connectivity index (χ0) is 32.8. The molecule has 2 heterocycles. The van der Waals surface area contributed by atoms with Crippen molar-refractivity contribution in [1.29, 1.82) is 0 Å². The number of amides is 2. The molecule has 1 fully saturated rings. The summed E-state index contributed by atoms with van der Waals surface area (Å²) in [6, 6.07) is 34.0. The highest BCUT2D eigenvalue weighted by Gasteiger charge is 2.53. The van der Waals surface area contributed by atoms with Gasteiger partial charge in [0.1, 0.15) is 22.9 Å². The molecule has 4 aromatic carbocycles. The molecule has 6 rings (SSSR count). The normalized spacial score (nSPS) is 16.4. The number of aliphatic hydroxyl groups is 1. The number of aliphatic hydroxyl groups excluding tert-OH is 1. The van der Waals surface area contributed by atoms with Gasteiger partial charge in [-0.15, -0.1) is 11.3 Å². The molecule has 2 atom stereocenters. The molecule has 2 N–H and O–H groups in total. The summed E-state index contributed by atoms with van der Waals surface area (Å²) in [6.07, 6.45) is -0.801.